The maximum absolute atomic E-state index is 12.2. The number of amides is 1. The van der Waals surface area contributed by atoms with Crippen molar-refractivity contribution in [2.75, 3.05) is 0 Å². The minimum Gasteiger partial charge on any atom is -0.467 e. The van der Waals surface area contributed by atoms with Crippen molar-refractivity contribution in [2.45, 2.75) is 6.54 Å². The first-order valence-corrected chi connectivity index (χ1v) is 7.94. The lowest BCUT2D eigenvalue weighted by atomic mass is 10.2. The standard InChI is InChI=1S/C18H13ClN2O5/c19-15-7-2-8-16(21(23)24)17(15)26-13-5-1-4-12(10-13)18(22)20-11-14-6-3-9-25-14/h1-10H,11H2,(H,20,22). The molecule has 0 aliphatic carbocycles. The van der Waals surface area contributed by atoms with Gasteiger partial charge < -0.3 is 14.5 Å². The minimum atomic E-state index is -0.582. The molecule has 1 heterocycles. The molecule has 1 aromatic heterocycles. The molecule has 0 aliphatic heterocycles. The lowest BCUT2D eigenvalue weighted by Gasteiger charge is -2.09. The van der Waals surface area contributed by atoms with Gasteiger partial charge in [0, 0.05) is 11.6 Å². The third kappa shape index (κ3) is 4.01. The summed E-state index contributed by atoms with van der Waals surface area (Å²) in [5.74, 6) is 0.470. The van der Waals surface area contributed by atoms with Crippen LogP contribution in [0.3, 0.4) is 0 Å². The van der Waals surface area contributed by atoms with Crippen LogP contribution in [0.4, 0.5) is 5.69 Å². The molecule has 3 rings (SSSR count). The van der Waals surface area contributed by atoms with E-state index in [1.54, 1.807) is 30.3 Å². The Balaban J connectivity index is 1.78. The SMILES string of the molecule is O=C(NCc1ccco1)c1cccc(Oc2c(Cl)cccc2[N+](=O)[O-])c1. The number of furan rings is 1. The molecule has 0 unspecified atom stereocenters. The molecule has 26 heavy (non-hydrogen) atoms. The van der Waals surface area contributed by atoms with Crippen LogP contribution in [0.5, 0.6) is 11.5 Å². The van der Waals surface area contributed by atoms with E-state index in [-0.39, 0.29) is 34.7 Å². The van der Waals surface area contributed by atoms with Crippen LogP contribution >= 0.6 is 11.6 Å². The Hall–Kier alpha value is -3.32. The Bertz CT molecular complexity index is 941. The van der Waals surface area contributed by atoms with Crippen LogP contribution in [0, 0.1) is 10.1 Å². The van der Waals surface area contributed by atoms with Gasteiger partial charge in [-0.25, -0.2) is 0 Å². The van der Waals surface area contributed by atoms with Gasteiger partial charge in [0.15, 0.2) is 0 Å². The molecule has 3 aromatic rings. The van der Waals surface area contributed by atoms with Crippen molar-refractivity contribution in [3.8, 4) is 11.5 Å². The van der Waals surface area contributed by atoms with E-state index < -0.39 is 4.92 Å². The lowest BCUT2D eigenvalue weighted by molar-refractivity contribution is -0.385. The van der Waals surface area contributed by atoms with Crippen molar-refractivity contribution in [1.29, 1.82) is 0 Å². The first-order chi connectivity index (χ1) is 12.5. The third-order valence-corrected chi connectivity index (χ3v) is 3.76. The number of hydrogen-bond donors (Lipinski definition) is 1. The van der Waals surface area contributed by atoms with Crippen LogP contribution in [0.25, 0.3) is 0 Å². The van der Waals surface area contributed by atoms with Crippen LogP contribution in [-0.4, -0.2) is 10.8 Å². The molecule has 2 aromatic carbocycles. The number of nitro benzene ring substituents is 1. The predicted octanol–water partition coefficient (Wildman–Crippen LogP) is 4.56. The molecule has 132 valence electrons. The van der Waals surface area contributed by atoms with Crippen molar-refractivity contribution >= 4 is 23.2 Å². The summed E-state index contributed by atoms with van der Waals surface area (Å²) in [7, 11) is 0. The van der Waals surface area contributed by atoms with Crippen molar-refractivity contribution in [1.82, 2.24) is 5.32 Å². The maximum atomic E-state index is 12.2. The van der Waals surface area contributed by atoms with Crippen LogP contribution in [0.15, 0.2) is 65.3 Å². The van der Waals surface area contributed by atoms with Crippen molar-refractivity contribution in [2.24, 2.45) is 0 Å². The molecule has 0 spiro atoms. The molecule has 0 saturated heterocycles. The van der Waals surface area contributed by atoms with Gasteiger partial charge in [-0.2, -0.15) is 0 Å². The summed E-state index contributed by atoms with van der Waals surface area (Å²) in [6.07, 6.45) is 1.52. The Morgan fingerprint density at radius 2 is 2.00 bits per heavy atom. The minimum absolute atomic E-state index is 0.0766. The van der Waals surface area contributed by atoms with Crippen LogP contribution in [-0.2, 0) is 6.54 Å². The quantitative estimate of drug-likeness (QED) is 0.505. The van der Waals surface area contributed by atoms with Crippen LogP contribution in [0.2, 0.25) is 5.02 Å². The van der Waals surface area contributed by atoms with E-state index in [2.05, 4.69) is 5.32 Å². The van der Waals surface area contributed by atoms with E-state index >= 15 is 0 Å². The number of carbonyl (C=O) groups excluding carboxylic acids is 1. The number of nitrogens with zero attached hydrogens (tertiary/aromatic N) is 1. The van der Waals surface area contributed by atoms with Gasteiger partial charge in [-0.05, 0) is 36.4 Å². The number of nitrogens with one attached hydrogen (secondary N) is 1. The summed E-state index contributed by atoms with van der Waals surface area (Å²) < 4.78 is 10.7. The second kappa shape index (κ2) is 7.71. The molecule has 1 N–H and O–H groups in total. The topological polar surface area (TPSA) is 94.6 Å². The molecule has 7 nitrogen and oxygen atoms in total. The lowest BCUT2D eigenvalue weighted by Crippen LogP contribution is -2.22. The Kier molecular flexibility index (Phi) is 5.19. The molecule has 0 aliphatic rings. The Morgan fingerprint density at radius 3 is 2.73 bits per heavy atom. The number of hydrogen-bond acceptors (Lipinski definition) is 5. The zero-order valence-electron chi connectivity index (χ0n) is 13.3. The second-order valence-corrected chi connectivity index (χ2v) is 5.64. The smallest absolute Gasteiger partial charge is 0.313 e. The highest BCUT2D eigenvalue weighted by atomic mass is 35.5. The van der Waals surface area contributed by atoms with Gasteiger partial charge in [-0.15, -0.1) is 0 Å². The molecule has 0 bridgehead atoms. The molecule has 0 atom stereocenters. The molecular weight excluding hydrogens is 360 g/mol. The van der Waals surface area contributed by atoms with Gasteiger partial charge in [0.2, 0.25) is 5.75 Å². The van der Waals surface area contributed by atoms with E-state index in [0.29, 0.717) is 11.3 Å². The highest BCUT2D eigenvalue weighted by molar-refractivity contribution is 6.32. The number of benzene rings is 2. The molecular formula is C18H13ClN2O5. The molecule has 0 saturated carbocycles. The maximum Gasteiger partial charge on any atom is 0.313 e. The first kappa shape index (κ1) is 17.5. The zero-order chi connectivity index (χ0) is 18.5. The van der Waals surface area contributed by atoms with E-state index in [1.807, 2.05) is 0 Å². The summed E-state index contributed by atoms with van der Waals surface area (Å²) in [5, 5.41) is 13.9. The molecule has 0 fully saturated rings. The van der Waals surface area contributed by atoms with Crippen LogP contribution in [0.1, 0.15) is 16.1 Å². The molecule has 0 radical (unpaired) electrons. The Labute approximate surface area is 153 Å². The van der Waals surface area contributed by atoms with Gasteiger partial charge in [0.1, 0.15) is 11.5 Å². The number of nitro groups is 1. The average molecular weight is 373 g/mol. The van der Waals surface area contributed by atoms with Gasteiger partial charge in [0.25, 0.3) is 5.91 Å². The first-order valence-electron chi connectivity index (χ1n) is 7.56. The summed E-state index contributed by atoms with van der Waals surface area (Å²) in [4.78, 5) is 22.8. The third-order valence-electron chi connectivity index (χ3n) is 3.46. The Morgan fingerprint density at radius 1 is 1.19 bits per heavy atom. The average Bonchev–Trinajstić information content (AvgIpc) is 3.15. The van der Waals surface area contributed by atoms with E-state index in [0.717, 1.165) is 0 Å². The number of ether oxygens (including phenoxy) is 1. The van der Waals surface area contributed by atoms with E-state index in [4.69, 9.17) is 20.8 Å². The van der Waals surface area contributed by atoms with Crippen molar-refractivity contribution < 1.29 is 18.9 Å². The number of halogens is 1. The second-order valence-electron chi connectivity index (χ2n) is 5.24. The predicted molar refractivity (Wildman–Crippen MR) is 94.5 cm³/mol. The summed E-state index contributed by atoms with van der Waals surface area (Å²) >= 11 is 6.01. The van der Waals surface area contributed by atoms with Crippen molar-refractivity contribution in [3.05, 3.63) is 87.3 Å². The summed E-state index contributed by atoms with van der Waals surface area (Å²) in [5.41, 5.74) is 0.0777. The zero-order valence-corrected chi connectivity index (χ0v) is 14.1. The number of rotatable bonds is 6. The van der Waals surface area contributed by atoms with Gasteiger partial charge in [-0.1, -0.05) is 23.7 Å². The highest BCUT2D eigenvalue weighted by Gasteiger charge is 2.19. The van der Waals surface area contributed by atoms with E-state index in [9.17, 15) is 14.9 Å². The monoisotopic (exact) mass is 372 g/mol. The molecule has 8 heteroatoms. The van der Waals surface area contributed by atoms with Gasteiger partial charge in [-0.3, -0.25) is 14.9 Å². The van der Waals surface area contributed by atoms with Gasteiger partial charge in [0.05, 0.1) is 22.8 Å². The largest absolute Gasteiger partial charge is 0.467 e. The summed E-state index contributed by atoms with van der Waals surface area (Å²) in [6.45, 7) is 0.243. The fourth-order valence-electron chi connectivity index (χ4n) is 2.24. The van der Waals surface area contributed by atoms with Crippen LogP contribution < -0.4 is 10.1 Å². The van der Waals surface area contributed by atoms with Crippen molar-refractivity contribution in [3.63, 3.8) is 0 Å². The molecule has 1 amide bonds. The highest BCUT2D eigenvalue weighted by Crippen LogP contribution is 2.37. The fraction of sp³-hybridized carbons (Fsp3) is 0.0556. The fourth-order valence-corrected chi connectivity index (χ4v) is 2.45. The normalized spacial score (nSPS) is 10.3. The number of carbonyl (C=O) groups is 1. The summed E-state index contributed by atoms with van der Waals surface area (Å²) in [6, 6.07) is 14.0. The number of para-hydroxylation sites is 1. The van der Waals surface area contributed by atoms with E-state index in [1.165, 1.54) is 30.5 Å². The van der Waals surface area contributed by atoms with Gasteiger partial charge >= 0.3 is 5.69 Å².